The molecular weight excluding hydrogens is 522 g/mol. The van der Waals surface area contributed by atoms with E-state index in [1.807, 2.05) is 30.3 Å². The molecule has 1 aliphatic carbocycles. The van der Waals surface area contributed by atoms with Crippen molar-refractivity contribution in [1.29, 1.82) is 0 Å². The minimum Gasteiger partial charge on any atom is -0.489 e. The molecule has 1 amide bonds. The number of nitrogens with two attached hydrogens (primary N) is 1. The molecular formula is C29H34F2N4O5. The molecule has 0 spiro atoms. The third-order valence-electron chi connectivity index (χ3n) is 7.08. The van der Waals surface area contributed by atoms with Crippen molar-refractivity contribution in [2.24, 2.45) is 11.7 Å². The van der Waals surface area contributed by atoms with Crippen LogP contribution in [0.25, 0.3) is 11.5 Å². The molecule has 40 heavy (non-hydrogen) atoms. The van der Waals surface area contributed by atoms with Gasteiger partial charge in [-0.1, -0.05) is 30.3 Å². The normalized spacial score (nSPS) is 17.8. The van der Waals surface area contributed by atoms with Crippen LogP contribution in [0.5, 0.6) is 11.5 Å². The van der Waals surface area contributed by atoms with Crippen LogP contribution in [0.4, 0.5) is 8.78 Å². The topological polar surface area (TPSA) is 103 Å². The zero-order valence-electron chi connectivity index (χ0n) is 22.4. The first-order chi connectivity index (χ1) is 19.4. The quantitative estimate of drug-likeness (QED) is 0.348. The van der Waals surface area contributed by atoms with E-state index < -0.39 is 6.61 Å². The van der Waals surface area contributed by atoms with Gasteiger partial charge in [0.15, 0.2) is 23.0 Å². The molecule has 2 heterocycles. The van der Waals surface area contributed by atoms with Crippen molar-refractivity contribution < 1.29 is 32.2 Å². The van der Waals surface area contributed by atoms with E-state index in [9.17, 15) is 13.6 Å². The number of carbonyl (C=O) groups is 1. The number of oxazole rings is 1. The Morgan fingerprint density at radius 1 is 1.15 bits per heavy atom. The summed E-state index contributed by atoms with van der Waals surface area (Å²) in [5.41, 5.74) is 7.62. The molecule has 2 N–H and O–H groups in total. The van der Waals surface area contributed by atoms with Crippen molar-refractivity contribution >= 4 is 5.91 Å². The summed E-state index contributed by atoms with van der Waals surface area (Å²) in [6.07, 6.45) is 2.09. The number of rotatable bonds is 12. The van der Waals surface area contributed by atoms with Crippen LogP contribution in [0.1, 0.15) is 41.6 Å². The average Bonchev–Trinajstić information content (AvgIpc) is 3.69. The Kier molecular flexibility index (Phi) is 8.93. The number of aromatic nitrogens is 1. The maximum absolute atomic E-state index is 13.5. The fourth-order valence-electron chi connectivity index (χ4n) is 4.60. The highest BCUT2D eigenvalue weighted by Gasteiger charge is 2.31. The van der Waals surface area contributed by atoms with Crippen LogP contribution in [-0.2, 0) is 17.9 Å². The van der Waals surface area contributed by atoms with E-state index in [1.165, 1.54) is 12.1 Å². The summed E-state index contributed by atoms with van der Waals surface area (Å²) in [7, 11) is 0. The Morgan fingerprint density at radius 2 is 1.95 bits per heavy atom. The van der Waals surface area contributed by atoms with Gasteiger partial charge in [0.2, 0.25) is 5.89 Å². The third kappa shape index (κ3) is 6.96. The number of hydrogen-bond acceptors (Lipinski definition) is 8. The predicted octanol–water partition coefficient (Wildman–Crippen LogP) is 4.51. The second-order valence-electron chi connectivity index (χ2n) is 10.2. The second-order valence-corrected chi connectivity index (χ2v) is 10.2. The molecule has 0 unspecified atom stereocenters. The van der Waals surface area contributed by atoms with Crippen LogP contribution in [0.2, 0.25) is 0 Å². The fraction of sp³-hybridized carbons (Fsp3) is 0.448. The molecule has 1 aromatic heterocycles. The molecule has 1 aliphatic heterocycles. The minimum atomic E-state index is -2.98. The number of ether oxygens (including phenoxy) is 3. The Hall–Kier alpha value is -3.54. The van der Waals surface area contributed by atoms with E-state index in [4.69, 9.17) is 19.6 Å². The number of nitrogens with zero attached hydrogens (tertiary/aromatic N) is 3. The standard InChI is InChI=1S/C29H34F2N4O5/c1-19-15-34(11-12-35(19)18-37-16-20-5-3-2-4-6-20)28(36)26-25(14-32)39-27(33-26)22-9-10-23(40-29(30)31)24(13-22)38-17-21-7-8-21/h2-6,9-10,13,19,21,29H,7-8,11-12,14-18,32H2,1H3/t19-/m1/s1. The zero-order chi connectivity index (χ0) is 28.1. The second kappa shape index (κ2) is 12.8. The Labute approximate surface area is 231 Å². The van der Waals surface area contributed by atoms with Crippen molar-refractivity contribution in [3.8, 4) is 23.0 Å². The summed E-state index contributed by atoms with van der Waals surface area (Å²) in [6.45, 7) is 2.10. The molecule has 0 bridgehead atoms. The minimum absolute atomic E-state index is 0.0193. The molecule has 1 saturated heterocycles. The van der Waals surface area contributed by atoms with Gasteiger partial charge in [-0.15, -0.1) is 0 Å². The van der Waals surface area contributed by atoms with E-state index >= 15 is 0 Å². The van der Waals surface area contributed by atoms with E-state index in [0.29, 0.717) is 51.1 Å². The molecule has 1 atom stereocenters. The van der Waals surface area contributed by atoms with Gasteiger partial charge in [-0.25, -0.2) is 4.98 Å². The third-order valence-corrected chi connectivity index (χ3v) is 7.08. The molecule has 0 radical (unpaired) electrons. The van der Waals surface area contributed by atoms with E-state index in [-0.39, 0.29) is 47.3 Å². The number of carbonyl (C=O) groups excluding carboxylic acids is 1. The Bertz CT molecular complexity index is 1280. The summed E-state index contributed by atoms with van der Waals surface area (Å²) in [5.74, 6) is 0.663. The summed E-state index contributed by atoms with van der Waals surface area (Å²) in [6, 6.07) is 14.5. The number of piperazine rings is 1. The SMILES string of the molecule is C[C@@H]1CN(C(=O)c2nc(-c3ccc(OC(F)F)c(OCC4CC4)c3)oc2CN)CCN1COCc1ccccc1. The number of benzene rings is 2. The van der Waals surface area contributed by atoms with Gasteiger partial charge in [-0.2, -0.15) is 8.78 Å². The molecule has 214 valence electrons. The lowest BCUT2D eigenvalue weighted by Crippen LogP contribution is -2.54. The van der Waals surface area contributed by atoms with Gasteiger partial charge in [0, 0.05) is 31.2 Å². The maximum Gasteiger partial charge on any atom is 0.387 e. The van der Waals surface area contributed by atoms with Gasteiger partial charge in [-0.05, 0) is 49.4 Å². The summed E-state index contributed by atoms with van der Waals surface area (Å²) < 4.78 is 48.0. The maximum atomic E-state index is 13.5. The summed E-state index contributed by atoms with van der Waals surface area (Å²) in [4.78, 5) is 21.9. The van der Waals surface area contributed by atoms with E-state index in [1.54, 1.807) is 11.0 Å². The first-order valence-corrected chi connectivity index (χ1v) is 13.5. The lowest BCUT2D eigenvalue weighted by molar-refractivity contribution is -0.0515. The van der Waals surface area contributed by atoms with Gasteiger partial charge < -0.3 is 29.3 Å². The van der Waals surface area contributed by atoms with Gasteiger partial charge in [0.25, 0.3) is 5.91 Å². The predicted molar refractivity (Wildman–Crippen MR) is 143 cm³/mol. The van der Waals surface area contributed by atoms with Crippen LogP contribution < -0.4 is 15.2 Å². The van der Waals surface area contributed by atoms with E-state index in [0.717, 1.165) is 18.4 Å². The largest absolute Gasteiger partial charge is 0.489 e. The molecule has 5 rings (SSSR count). The number of alkyl halides is 2. The lowest BCUT2D eigenvalue weighted by atomic mass is 10.2. The highest BCUT2D eigenvalue weighted by atomic mass is 19.3. The Balaban J connectivity index is 1.25. The molecule has 9 nitrogen and oxygen atoms in total. The molecule has 11 heteroatoms. The summed E-state index contributed by atoms with van der Waals surface area (Å²) >= 11 is 0. The Morgan fingerprint density at radius 3 is 2.65 bits per heavy atom. The van der Waals surface area contributed by atoms with Crippen LogP contribution >= 0.6 is 0 Å². The first kappa shape index (κ1) is 28.0. The van der Waals surface area contributed by atoms with Crippen molar-refractivity contribution in [3.05, 3.63) is 65.5 Å². The lowest BCUT2D eigenvalue weighted by Gasteiger charge is -2.39. The van der Waals surface area contributed by atoms with Crippen molar-refractivity contribution in [2.45, 2.75) is 45.6 Å². The monoisotopic (exact) mass is 556 g/mol. The first-order valence-electron chi connectivity index (χ1n) is 13.5. The van der Waals surface area contributed by atoms with Crippen LogP contribution in [0, 0.1) is 5.92 Å². The van der Waals surface area contributed by atoms with Crippen LogP contribution in [0.3, 0.4) is 0 Å². The van der Waals surface area contributed by atoms with E-state index in [2.05, 4.69) is 21.5 Å². The molecule has 1 saturated carbocycles. The zero-order valence-corrected chi connectivity index (χ0v) is 22.4. The molecule has 2 aromatic carbocycles. The number of hydrogen-bond donors (Lipinski definition) is 1. The smallest absolute Gasteiger partial charge is 0.387 e. The fourth-order valence-corrected chi connectivity index (χ4v) is 4.60. The molecule has 2 aliphatic rings. The van der Waals surface area contributed by atoms with Gasteiger partial charge in [-0.3, -0.25) is 9.69 Å². The number of halogens is 2. The molecule has 3 aromatic rings. The highest BCUT2D eigenvalue weighted by Crippen LogP contribution is 2.37. The average molecular weight is 557 g/mol. The van der Waals surface area contributed by atoms with Crippen LogP contribution in [-0.4, -0.2) is 66.3 Å². The summed E-state index contributed by atoms with van der Waals surface area (Å²) in [5, 5.41) is 0. The highest BCUT2D eigenvalue weighted by molar-refractivity contribution is 5.94. The number of amides is 1. The molecule has 2 fully saturated rings. The van der Waals surface area contributed by atoms with Gasteiger partial charge in [0.05, 0.1) is 26.5 Å². The van der Waals surface area contributed by atoms with Crippen LogP contribution in [0.15, 0.2) is 52.9 Å². The van der Waals surface area contributed by atoms with Gasteiger partial charge in [0.1, 0.15) is 0 Å². The van der Waals surface area contributed by atoms with Crippen molar-refractivity contribution in [2.75, 3.05) is 33.0 Å². The van der Waals surface area contributed by atoms with Crippen molar-refractivity contribution in [1.82, 2.24) is 14.8 Å². The van der Waals surface area contributed by atoms with Gasteiger partial charge >= 0.3 is 6.61 Å². The van der Waals surface area contributed by atoms with Crippen molar-refractivity contribution in [3.63, 3.8) is 0 Å².